The summed E-state index contributed by atoms with van der Waals surface area (Å²) in [5.41, 5.74) is 2.83. The highest BCUT2D eigenvalue weighted by Crippen LogP contribution is 2.32. The van der Waals surface area contributed by atoms with Crippen molar-refractivity contribution in [2.75, 3.05) is 0 Å². The largest absolute Gasteiger partial charge is 0.364 e. The molecule has 3 atom stereocenters. The fourth-order valence-electron chi connectivity index (χ4n) is 3.44. The second-order valence-electron chi connectivity index (χ2n) is 7.58. The van der Waals surface area contributed by atoms with E-state index in [0.29, 0.717) is 11.8 Å². The van der Waals surface area contributed by atoms with Gasteiger partial charge in [-0.05, 0) is 64.7 Å². The minimum Gasteiger partial charge on any atom is -0.364 e. The highest BCUT2D eigenvalue weighted by Gasteiger charge is 2.28. The monoisotopic (exact) mass is 288 g/mol. The van der Waals surface area contributed by atoms with E-state index in [-0.39, 0.29) is 11.7 Å². The fraction of sp³-hybridized carbons (Fsp3) is 0.700. The molecule has 1 heteroatoms. The second kappa shape index (κ2) is 6.96. The van der Waals surface area contributed by atoms with E-state index in [4.69, 9.17) is 4.74 Å². The Labute approximate surface area is 131 Å². The molecule has 0 radical (unpaired) electrons. The Morgan fingerprint density at radius 1 is 1.24 bits per heavy atom. The van der Waals surface area contributed by atoms with Crippen molar-refractivity contribution in [1.29, 1.82) is 0 Å². The summed E-state index contributed by atoms with van der Waals surface area (Å²) in [6.45, 7) is 11.4. The topological polar surface area (TPSA) is 9.23 Å². The van der Waals surface area contributed by atoms with Gasteiger partial charge in [-0.15, -0.1) is 0 Å². The Kier molecular flexibility index (Phi) is 5.48. The lowest BCUT2D eigenvalue weighted by Gasteiger charge is -2.34. The smallest absolute Gasteiger partial charge is 0.0845 e. The van der Waals surface area contributed by atoms with E-state index < -0.39 is 0 Å². The Morgan fingerprint density at radius 2 is 2.00 bits per heavy atom. The van der Waals surface area contributed by atoms with Crippen LogP contribution in [0.15, 0.2) is 35.5 Å². The minimum absolute atomic E-state index is 0.122. The summed E-state index contributed by atoms with van der Waals surface area (Å²) in [4.78, 5) is 0. The molecule has 0 spiro atoms. The number of fused-ring (bicyclic) bond motifs is 2. The average Bonchev–Trinajstić information content (AvgIpc) is 2.35. The van der Waals surface area contributed by atoms with Crippen LogP contribution in [0.4, 0.5) is 0 Å². The minimum atomic E-state index is -0.122. The van der Waals surface area contributed by atoms with Gasteiger partial charge in [-0.1, -0.05) is 49.3 Å². The van der Waals surface area contributed by atoms with Crippen LogP contribution in [0.5, 0.6) is 0 Å². The van der Waals surface area contributed by atoms with Crippen molar-refractivity contribution in [2.24, 2.45) is 11.8 Å². The quantitative estimate of drug-likeness (QED) is 0.552. The zero-order valence-electron chi connectivity index (χ0n) is 14.5. The van der Waals surface area contributed by atoms with Gasteiger partial charge in [-0.2, -0.15) is 0 Å². The van der Waals surface area contributed by atoms with E-state index in [1.54, 1.807) is 0 Å². The summed E-state index contributed by atoms with van der Waals surface area (Å²) >= 11 is 0. The lowest BCUT2D eigenvalue weighted by molar-refractivity contribution is -0.0373. The molecule has 0 aromatic carbocycles. The van der Waals surface area contributed by atoms with Crippen molar-refractivity contribution in [2.45, 2.75) is 78.4 Å². The van der Waals surface area contributed by atoms with Crippen LogP contribution in [-0.2, 0) is 4.74 Å². The van der Waals surface area contributed by atoms with E-state index in [2.05, 4.69) is 58.9 Å². The van der Waals surface area contributed by atoms with Gasteiger partial charge in [0, 0.05) is 0 Å². The van der Waals surface area contributed by atoms with Gasteiger partial charge in [0.05, 0.1) is 11.7 Å². The van der Waals surface area contributed by atoms with E-state index in [0.717, 1.165) is 19.3 Å². The average molecular weight is 288 g/mol. The molecular weight excluding hydrogens is 256 g/mol. The van der Waals surface area contributed by atoms with Crippen LogP contribution in [0.3, 0.4) is 0 Å². The predicted octanol–water partition coefficient (Wildman–Crippen LogP) is 5.83. The van der Waals surface area contributed by atoms with Crippen molar-refractivity contribution in [3.05, 3.63) is 35.5 Å². The molecule has 0 saturated carbocycles. The van der Waals surface area contributed by atoms with Gasteiger partial charge in [0.1, 0.15) is 0 Å². The molecule has 2 aliphatic heterocycles. The Hall–Kier alpha value is -0.820. The van der Waals surface area contributed by atoms with Crippen LogP contribution >= 0.6 is 0 Å². The number of rotatable bonds is 1. The van der Waals surface area contributed by atoms with Crippen molar-refractivity contribution >= 4 is 0 Å². The van der Waals surface area contributed by atoms with Crippen LogP contribution in [0.2, 0.25) is 0 Å². The molecule has 0 saturated heterocycles. The van der Waals surface area contributed by atoms with Gasteiger partial charge in [0.2, 0.25) is 0 Å². The number of hydrogen-bond donors (Lipinski definition) is 0. The first-order chi connectivity index (χ1) is 9.88. The maximum Gasteiger partial charge on any atom is 0.0845 e. The SMILES string of the molecule is C/C1=C\[C@H]2C/C(C)=C/CC[C@@](C)(/C=C/[C@H](C(C)C)CC1)O2. The molecule has 118 valence electrons. The first-order valence-electron chi connectivity index (χ1n) is 8.58. The zero-order valence-corrected chi connectivity index (χ0v) is 14.5. The number of hydrogen-bond acceptors (Lipinski definition) is 1. The summed E-state index contributed by atoms with van der Waals surface area (Å²) in [6, 6.07) is 0. The van der Waals surface area contributed by atoms with Gasteiger partial charge >= 0.3 is 0 Å². The summed E-state index contributed by atoms with van der Waals surface area (Å²) in [7, 11) is 0. The van der Waals surface area contributed by atoms with Crippen LogP contribution in [0, 0.1) is 11.8 Å². The van der Waals surface area contributed by atoms with Gasteiger partial charge in [-0.3, -0.25) is 0 Å². The lowest BCUT2D eigenvalue weighted by Crippen LogP contribution is -2.33. The van der Waals surface area contributed by atoms with Crippen LogP contribution in [-0.4, -0.2) is 11.7 Å². The predicted molar refractivity (Wildman–Crippen MR) is 91.3 cm³/mol. The lowest BCUT2D eigenvalue weighted by atomic mass is 9.85. The fourth-order valence-corrected chi connectivity index (χ4v) is 3.44. The van der Waals surface area contributed by atoms with Gasteiger partial charge < -0.3 is 4.74 Å². The standard InChI is InChI=1S/C20H32O/c1-15(2)18-9-8-17(4)14-19-13-16(3)7-6-11-20(5,21-19)12-10-18/h7,10,12,14-15,18-19H,6,8-9,11,13H2,1-5H3/b12-10+,16-7+,17-14+/t18-,19-,20+/m1/s1. The van der Waals surface area contributed by atoms with Crippen LogP contribution in [0.25, 0.3) is 0 Å². The van der Waals surface area contributed by atoms with E-state index in [1.807, 2.05) is 0 Å². The molecule has 0 unspecified atom stereocenters. The summed E-state index contributed by atoms with van der Waals surface area (Å²) < 4.78 is 6.52. The van der Waals surface area contributed by atoms with Crippen molar-refractivity contribution in [3.63, 3.8) is 0 Å². The van der Waals surface area contributed by atoms with Gasteiger partial charge in [0.15, 0.2) is 0 Å². The van der Waals surface area contributed by atoms with Gasteiger partial charge in [0.25, 0.3) is 0 Å². The van der Waals surface area contributed by atoms with Crippen molar-refractivity contribution < 1.29 is 4.74 Å². The molecule has 0 aromatic rings. The Bertz CT molecular complexity index is 441. The maximum atomic E-state index is 6.52. The third-order valence-corrected chi connectivity index (χ3v) is 4.97. The van der Waals surface area contributed by atoms with E-state index in [9.17, 15) is 0 Å². The molecule has 0 N–H and O–H groups in total. The third kappa shape index (κ3) is 4.85. The molecule has 0 fully saturated rings. The number of ether oxygens (including phenoxy) is 1. The molecule has 21 heavy (non-hydrogen) atoms. The first-order valence-corrected chi connectivity index (χ1v) is 8.58. The molecule has 2 heterocycles. The van der Waals surface area contributed by atoms with Crippen LogP contribution < -0.4 is 0 Å². The normalized spacial score (nSPS) is 41.2. The highest BCUT2D eigenvalue weighted by molar-refractivity contribution is 5.14. The second-order valence-corrected chi connectivity index (χ2v) is 7.58. The molecule has 0 aromatic heterocycles. The van der Waals surface area contributed by atoms with Crippen LogP contribution in [0.1, 0.15) is 66.7 Å². The molecule has 0 amide bonds. The molecular formula is C20H32O. The van der Waals surface area contributed by atoms with Crippen molar-refractivity contribution in [3.8, 4) is 0 Å². The summed E-state index contributed by atoms with van der Waals surface area (Å²) in [5.74, 6) is 1.36. The third-order valence-electron chi connectivity index (χ3n) is 4.97. The van der Waals surface area contributed by atoms with Crippen molar-refractivity contribution in [1.82, 2.24) is 0 Å². The van der Waals surface area contributed by atoms with E-state index in [1.165, 1.54) is 24.0 Å². The Morgan fingerprint density at radius 3 is 2.71 bits per heavy atom. The molecule has 0 aliphatic carbocycles. The summed E-state index contributed by atoms with van der Waals surface area (Å²) in [5, 5.41) is 0. The zero-order chi connectivity index (χ0) is 15.5. The number of allylic oxidation sites excluding steroid dienone is 3. The van der Waals surface area contributed by atoms with Gasteiger partial charge in [-0.25, -0.2) is 0 Å². The van der Waals surface area contributed by atoms with E-state index >= 15 is 0 Å². The molecule has 2 aliphatic rings. The Balaban J connectivity index is 2.31. The highest BCUT2D eigenvalue weighted by atomic mass is 16.5. The molecule has 2 rings (SSSR count). The molecule has 2 bridgehead atoms. The maximum absolute atomic E-state index is 6.52. The molecule has 1 nitrogen and oxygen atoms in total. The first kappa shape index (κ1) is 16.5. The summed E-state index contributed by atoms with van der Waals surface area (Å²) in [6.07, 6.45) is 15.5.